The molecule has 1 fully saturated rings. The van der Waals surface area contributed by atoms with Gasteiger partial charge in [-0.1, -0.05) is 79.7 Å². The number of allylic oxidation sites excluding steroid dienone is 2. The SMILES string of the molecule is CC/C=C/C1=C(C(=O)OC(c2ccccc2)c2ccccc2)N2C(=O)C(N)[C@H]2SC1.Cl. The smallest absolute Gasteiger partial charge is 0.356 e. The first-order valence-electron chi connectivity index (χ1n) is 10.0. The molecule has 2 N–H and O–H groups in total. The van der Waals surface area contributed by atoms with E-state index in [9.17, 15) is 9.59 Å². The standard InChI is InChI=1S/C24H24N2O3S.ClH/c1-2-3-10-18-15-30-23-19(25)22(27)26(23)20(18)24(28)29-21(16-11-6-4-7-12-16)17-13-8-5-9-14-17;/h3-14,19,21,23H,2,15,25H2,1H3;1H/b10-3+;/t19?,23-;/m1./s1. The second kappa shape index (κ2) is 10.2. The Morgan fingerprint density at radius 3 is 2.29 bits per heavy atom. The molecule has 0 spiro atoms. The van der Waals surface area contributed by atoms with E-state index in [4.69, 9.17) is 10.5 Å². The Morgan fingerprint density at radius 2 is 1.74 bits per heavy atom. The Kier molecular flexibility index (Phi) is 7.59. The number of hydrogen-bond donors (Lipinski definition) is 1. The number of ether oxygens (including phenoxy) is 1. The molecule has 162 valence electrons. The number of hydrogen-bond acceptors (Lipinski definition) is 5. The monoisotopic (exact) mass is 456 g/mol. The summed E-state index contributed by atoms with van der Waals surface area (Å²) in [7, 11) is 0. The van der Waals surface area contributed by atoms with Crippen LogP contribution in [0.4, 0.5) is 0 Å². The molecule has 0 aliphatic carbocycles. The van der Waals surface area contributed by atoms with Gasteiger partial charge in [0, 0.05) is 5.75 Å². The fourth-order valence-electron chi connectivity index (χ4n) is 3.66. The molecular formula is C24H25ClN2O3S. The highest BCUT2D eigenvalue weighted by Crippen LogP contribution is 2.41. The number of halogens is 1. The van der Waals surface area contributed by atoms with Gasteiger partial charge in [-0.2, -0.15) is 0 Å². The molecule has 1 saturated heterocycles. The number of rotatable bonds is 6. The van der Waals surface area contributed by atoms with E-state index in [1.54, 1.807) is 11.8 Å². The number of benzene rings is 2. The zero-order chi connectivity index (χ0) is 21.1. The third-order valence-corrected chi connectivity index (χ3v) is 6.54. The number of thioether (sulfide) groups is 1. The van der Waals surface area contributed by atoms with Gasteiger partial charge in [0.15, 0.2) is 6.10 Å². The summed E-state index contributed by atoms with van der Waals surface area (Å²) in [5.41, 5.74) is 8.81. The second-order valence-corrected chi connectivity index (χ2v) is 8.33. The van der Waals surface area contributed by atoms with Crippen LogP contribution in [-0.2, 0) is 14.3 Å². The van der Waals surface area contributed by atoms with Crippen LogP contribution in [-0.4, -0.2) is 33.9 Å². The Hall–Kier alpha value is -2.54. The molecule has 2 aliphatic heterocycles. The van der Waals surface area contributed by atoms with Crippen LogP contribution in [0.5, 0.6) is 0 Å². The third-order valence-electron chi connectivity index (χ3n) is 5.22. The van der Waals surface area contributed by atoms with Gasteiger partial charge in [0.2, 0.25) is 5.91 Å². The summed E-state index contributed by atoms with van der Waals surface area (Å²) in [6.45, 7) is 2.03. The predicted octanol–water partition coefficient (Wildman–Crippen LogP) is 4.20. The number of esters is 1. The van der Waals surface area contributed by atoms with Crippen LogP contribution >= 0.6 is 24.2 Å². The number of carbonyl (C=O) groups excluding carboxylic acids is 2. The van der Waals surface area contributed by atoms with Crippen LogP contribution in [0.2, 0.25) is 0 Å². The molecule has 0 aromatic heterocycles. The van der Waals surface area contributed by atoms with Crippen molar-refractivity contribution in [2.24, 2.45) is 5.73 Å². The number of β-lactam (4-membered cyclic amide) rings is 1. The predicted molar refractivity (Wildman–Crippen MR) is 126 cm³/mol. The first-order valence-corrected chi connectivity index (χ1v) is 11.1. The molecule has 5 nitrogen and oxygen atoms in total. The van der Waals surface area contributed by atoms with Crippen LogP contribution in [0.25, 0.3) is 0 Å². The third kappa shape index (κ3) is 4.56. The topological polar surface area (TPSA) is 72.6 Å². The van der Waals surface area contributed by atoms with Gasteiger partial charge in [0.1, 0.15) is 17.1 Å². The molecule has 2 heterocycles. The first kappa shape index (κ1) is 23.1. The van der Waals surface area contributed by atoms with Crippen molar-refractivity contribution in [1.82, 2.24) is 4.90 Å². The first-order chi connectivity index (χ1) is 14.6. The minimum Gasteiger partial charge on any atom is -0.448 e. The van der Waals surface area contributed by atoms with Crippen molar-refractivity contribution in [3.05, 3.63) is 95.2 Å². The lowest BCUT2D eigenvalue weighted by Gasteiger charge is -2.48. The lowest BCUT2D eigenvalue weighted by Crippen LogP contribution is -2.68. The maximum atomic E-state index is 13.4. The van der Waals surface area contributed by atoms with Crippen molar-refractivity contribution in [3.63, 3.8) is 0 Å². The largest absolute Gasteiger partial charge is 0.448 e. The number of nitrogens with zero attached hydrogens (tertiary/aromatic N) is 1. The van der Waals surface area contributed by atoms with Crippen molar-refractivity contribution in [2.45, 2.75) is 30.9 Å². The van der Waals surface area contributed by atoms with E-state index in [1.807, 2.05) is 79.7 Å². The molecular weight excluding hydrogens is 432 g/mol. The van der Waals surface area contributed by atoms with Crippen molar-refractivity contribution in [1.29, 1.82) is 0 Å². The van der Waals surface area contributed by atoms with Crippen molar-refractivity contribution >= 4 is 36.0 Å². The van der Waals surface area contributed by atoms with Gasteiger partial charge in [-0.15, -0.1) is 24.2 Å². The molecule has 2 aromatic carbocycles. The van der Waals surface area contributed by atoms with E-state index in [0.717, 1.165) is 23.1 Å². The normalized spacial score (nSPS) is 20.4. The van der Waals surface area contributed by atoms with E-state index >= 15 is 0 Å². The summed E-state index contributed by atoms with van der Waals surface area (Å²) in [4.78, 5) is 27.4. The number of fused-ring (bicyclic) bond motifs is 1. The van der Waals surface area contributed by atoms with Gasteiger partial charge >= 0.3 is 5.97 Å². The van der Waals surface area contributed by atoms with Gasteiger partial charge in [0.05, 0.1) is 0 Å². The van der Waals surface area contributed by atoms with Gasteiger partial charge in [-0.3, -0.25) is 9.69 Å². The molecule has 1 amide bonds. The molecule has 1 unspecified atom stereocenters. The quantitative estimate of drug-likeness (QED) is 0.521. The number of nitrogens with two attached hydrogens (primary N) is 1. The highest BCUT2D eigenvalue weighted by atomic mass is 35.5. The summed E-state index contributed by atoms with van der Waals surface area (Å²) in [6.07, 6.45) is 4.17. The highest BCUT2D eigenvalue weighted by Gasteiger charge is 2.52. The summed E-state index contributed by atoms with van der Waals surface area (Å²) in [5, 5.41) is -0.217. The van der Waals surface area contributed by atoms with Gasteiger partial charge in [-0.25, -0.2) is 4.79 Å². The Morgan fingerprint density at radius 1 is 1.16 bits per heavy atom. The maximum absolute atomic E-state index is 13.4. The van der Waals surface area contributed by atoms with Gasteiger partial charge in [-0.05, 0) is 23.1 Å². The number of carbonyl (C=O) groups is 2. The van der Waals surface area contributed by atoms with E-state index in [1.165, 1.54) is 4.90 Å². The van der Waals surface area contributed by atoms with Crippen LogP contribution in [0.1, 0.15) is 30.6 Å². The van der Waals surface area contributed by atoms with Crippen LogP contribution in [0.3, 0.4) is 0 Å². The lowest BCUT2D eigenvalue weighted by molar-refractivity contribution is -0.153. The van der Waals surface area contributed by atoms with Crippen molar-refractivity contribution in [3.8, 4) is 0 Å². The summed E-state index contributed by atoms with van der Waals surface area (Å²) in [5.74, 6) is -0.128. The van der Waals surface area contributed by atoms with E-state index in [-0.39, 0.29) is 23.7 Å². The molecule has 2 aromatic rings. The zero-order valence-electron chi connectivity index (χ0n) is 17.1. The molecule has 0 radical (unpaired) electrons. The average molecular weight is 457 g/mol. The Labute approximate surface area is 192 Å². The summed E-state index contributed by atoms with van der Waals surface area (Å²) >= 11 is 1.58. The van der Waals surface area contributed by atoms with Gasteiger partial charge < -0.3 is 10.5 Å². The molecule has 0 bridgehead atoms. The molecule has 31 heavy (non-hydrogen) atoms. The molecule has 2 atom stereocenters. The molecule has 4 rings (SSSR count). The fraction of sp³-hybridized carbons (Fsp3) is 0.250. The van der Waals surface area contributed by atoms with Crippen LogP contribution in [0.15, 0.2) is 84.1 Å². The van der Waals surface area contributed by atoms with Gasteiger partial charge in [0.25, 0.3) is 0 Å². The van der Waals surface area contributed by atoms with E-state index in [2.05, 4.69) is 0 Å². The minimum atomic E-state index is -0.575. The fourth-order valence-corrected chi connectivity index (χ4v) is 4.93. The maximum Gasteiger partial charge on any atom is 0.356 e. The average Bonchev–Trinajstić information content (AvgIpc) is 2.81. The molecule has 2 aliphatic rings. The Balaban J connectivity index is 0.00000272. The summed E-state index contributed by atoms with van der Waals surface area (Å²) in [6, 6.07) is 18.7. The second-order valence-electron chi connectivity index (χ2n) is 7.23. The van der Waals surface area contributed by atoms with Crippen LogP contribution < -0.4 is 5.73 Å². The van der Waals surface area contributed by atoms with E-state index < -0.39 is 18.1 Å². The summed E-state index contributed by atoms with van der Waals surface area (Å²) < 4.78 is 6.03. The molecule has 7 heteroatoms. The molecule has 0 saturated carbocycles. The van der Waals surface area contributed by atoms with E-state index in [0.29, 0.717) is 11.4 Å². The Bertz CT molecular complexity index is 955. The van der Waals surface area contributed by atoms with Crippen molar-refractivity contribution < 1.29 is 14.3 Å². The van der Waals surface area contributed by atoms with Crippen molar-refractivity contribution in [2.75, 3.05) is 5.75 Å². The number of amides is 1. The van der Waals surface area contributed by atoms with Crippen LogP contribution in [0, 0.1) is 0 Å². The highest BCUT2D eigenvalue weighted by molar-refractivity contribution is 8.00. The minimum absolute atomic E-state index is 0. The zero-order valence-corrected chi connectivity index (χ0v) is 18.8. The lowest BCUT2D eigenvalue weighted by atomic mass is 10.0.